The summed E-state index contributed by atoms with van der Waals surface area (Å²) in [4.78, 5) is 0. The molecule has 0 aliphatic heterocycles. The lowest BCUT2D eigenvalue weighted by molar-refractivity contribution is 0.824. The van der Waals surface area contributed by atoms with E-state index >= 15 is 0 Å². The Labute approximate surface area is 63.2 Å². The second-order valence-corrected chi connectivity index (χ2v) is 2.91. The van der Waals surface area contributed by atoms with Gasteiger partial charge in [-0.1, -0.05) is 18.2 Å². The molecule has 0 fully saturated rings. The molecule has 52 valence electrons. The first-order chi connectivity index (χ1) is 4.47. The van der Waals surface area contributed by atoms with Crippen LogP contribution in [0.25, 0.3) is 10.1 Å². The van der Waals surface area contributed by atoms with Crippen LogP contribution in [0.15, 0.2) is 35.7 Å². The van der Waals surface area contributed by atoms with E-state index in [1.807, 2.05) is 0 Å². The summed E-state index contributed by atoms with van der Waals surface area (Å²) in [6.45, 7) is 0. The number of rotatable bonds is 0. The number of benzene rings is 1. The van der Waals surface area contributed by atoms with Crippen LogP contribution in [0.4, 0.5) is 0 Å². The smallest absolute Gasteiger partial charge is 0.0342 e. The van der Waals surface area contributed by atoms with E-state index in [0.717, 1.165) is 0 Å². The summed E-state index contributed by atoms with van der Waals surface area (Å²) in [6.07, 6.45) is 0. The maximum atomic E-state index is 2.14. The van der Waals surface area contributed by atoms with Crippen molar-refractivity contribution in [3.05, 3.63) is 35.7 Å². The molecule has 0 saturated carbocycles. The van der Waals surface area contributed by atoms with Crippen LogP contribution in [0.5, 0.6) is 0 Å². The Kier molecular flexibility index (Phi) is 2.04. The highest BCUT2D eigenvalue weighted by Gasteiger charge is 1.87. The molecule has 10 heavy (non-hydrogen) atoms. The molecule has 0 saturated heterocycles. The molecule has 0 atom stereocenters. The summed E-state index contributed by atoms with van der Waals surface area (Å²) in [5, 5.41) is 3.47. The fourth-order valence-electron chi connectivity index (χ4n) is 0.906. The summed E-state index contributed by atoms with van der Waals surface area (Å²) in [6, 6.07) is 10.5. The third-order valence-corrected chi connectivity index (χ3v) is 2.26. The van der Waals surface area contributed by atoms with Gasteiger partial charge in [-0.15, -0.1) is 11.3 Å². The Bertz CT molecular complexity index is 283. The SMILES string of the molecule is O.c1ccc2sccc2c1. The summed E-state index contributed by atoms with van der Waals surface area (Å²) < 4.78 is 1.37. The fourth-order valence-corrected chi connectivity index (χ4v) is 1.70. The second-order valence-electron chi connectivity index (χ2n) is 1.96. The Morgan fingerprint density at radius 1 is 1.00 bits per heavy atom. The van der Waals surface area contributed by atoms with Gasteiger partial charge in [-0.3, -0.25) is 0 Å². The minimum absolute atomic E-state index is 0. The van der Waals surface area contributed by atoms with Gasteiger partial charge in [-0.2, -0.15) is 0 Å². The van der Waals surface area contributed by atoms with Crippen LogP contribution in [0, 0.1) is 0 Å². The third kappa shape index (κ3) is 1.03. The highest BCUT2D eigenvalue weighted by molar-refractivity contribution is 7.17. The van der Waals surface area contributed by atoms with Crippen LogP contribution < -0.4 is 0 Å². The first-order valence-electron chi connectivity index (χ1n) is 2.89. The van der Waals surface area contributed by atoms with E-state index in [1.54, 1.807) is 11.3 Å². The molecule has 0 unspecified atom stereocenters. The van der Waals surface area contributed by atoms with Gasteiger partial charge in [-0.05, 0) is 22.9 Å². The van der Waals surface area contributed by atoms with Crippen molar-refractivity contribution < 1.29 is 5.48 Å². The maximum Gasteiger partial charge on any atom is 0.0342 e. The highest BCUT2D eigenvalue weighted by atomic mass is 32.1. The van der Waals surface area contributed by atoms with Crippen molar-refractivity contribution in [1.29, 1.82) is 0 Å². The molecule has 1 aromatic heterocycles. The first kappa shape index (κ1) is 7.25. The third-order valence-electron chi connectivity index (χ3n) is 1.36. The molecule has 1 heterocycles. The quantitative estimate of drug-likeness (QED) is 0.553. The van der Waals surface area contributed by atoms with E-state index in [2.05, 4.69) is 35.7 Å². The number of hydrogen-bond donors (Lipinski definition) is 0. The number of hydrogen-bond acceptors (Lipinski definition) is 1. The lowest BCUT2D eigenvalue weighted by Gasteiger charge is -1.82. The van der Waals surface area contributed by atoms with Crippen LogP contribution in [0.1, 0.15) is 0 Å². The summed E-state index contributed by atoms with van der Waals surface area (Å²) >= 11 is 1.79. The monoisotopic (exact) mass is 152 g/mol. The molecular formula is C8H8OS. The van der Waals surface area contributed by atoms with Crippen molar-refractivity contribution in [1.82, 2.24) is 0 Å². The zero-order valence-electron chi connectivity index (χ0n) is 5.37. The van der Waals surface area contributed by atoms with Gasteiger partial charge < -0.3 is 5.48 Å². The summed E-state index contributed by atoms with van der Waals surface area (Å²) in [5.74, 6) is 0. The molecule has 1 nitrogen and oxygen atoms in total. The van der Waals surface area contributed by atoms with Crippen molar-refractivity contribution in [2.45, 2.75) is 0 Å². The van der Waals surface area contributed by atoms with Crippen molar-refractivity contribution in [2.75, 3.05) is 0 Å². The van der Waals surface area contributed by atoms with Crippen LogP contribution >= 0.6 is 11.3 Å². The largest absolute Gasteiger partial charge is 0.412 e. The number of thiophene rings is 1. The predicted molar refractivity (Wildman–Crippen MR) is 45.4 cm³/mol. The Hall–Kier alpha value is -0.860. The zero-order valence-corrected chi connectivity index (χ0v) is 6.19. The van der Waals surface area contributed by atoms with E-state index in [4.69, 9.17) is 0 Å². The molecule has 0 bridgehead atoms. The van der Waals surface area contributed by atoms with Crippen molar-refractivity contribution in [2.24, 2.45) is 0 Å². The standard InChI is InChI=1S/C8H6S.H2O/c1-2-4-8-7(3-1)5-6-9-8;/h1-6H;1H2. The molecule has 0 amide bonds. The molecule has 0 aliphatic carbocycles. The lowest BCUT2D eigenvalue weighted by Crippen LogP contribution is -1.56. The molecule has 0 spiro atoms. The lowest BCUT2D eigenvalue weighted by atomic mass is 10.3. The minimum Gasteiger partial charge on any atom is -0.412 e. The topological polar surface area (TPSA) is 31.5 Å². The molecule has 0 aliphatic rings. The Morgan fingerprint density at radius 3 is 2.60 bits per heavy atom. The van der Waals surface area contributed by atoms with Crippen molar-refractivity contribution in [3.8, 4) is 0 Å². The van der Waals surface area contributed by atoms with E-state index in [1.165, 1.54) is 10.1 Å². The summed E-state index contributed by atoms with van der Waals surface area (Å²) in [7, 11) is 0. The first-order valence-corrected chi connectivity index (χ1v) is 3.77. The zero-order chi connectivity index (χ0) is 6.10. The molecule has 2 heteroatoms. The summed E-state index contributed by atoms with van der Waals surface area (Å²) in [5.41, 5.74) is 0. The van der Waals surface area contributed by atoms with Gasteiger partial charge in [0.15, 0.2) is 0 Å². The van der Waals surface area contributed by atoms with Gasteiger partial charge in [-0.25, -0.2) is 0 Å². The normalized spacial score (nSPS) is 9.20. The Morgan fingerprint density at radius 2 is 1.80 bits per heavy atom. The minimum atomic E-state index is 0. The van der Waals surface area contributed by atoms with E-state index in [-0.39, 0.29) is 5.48 Å². The van der Waals surface area contributed by atoms with Gasteiger partial charge in [0.25, 0.3) is 0 Å². The fraction of sp³-hybridized carbons (Fsp3) is 0. The van der Waals surface area contributed by atoms with Crippen LogP contribution in [0.2, 0.25) is 0 Å². The van der Waals surface area contributed by atoms with Crippen LogP contribution in [-0.2, 0) is 0 Å². The van der Waals surface area contributed by atoms with E-state index in [9.17, 15) is 0 Å². The molecule has 2 rings (SSSR count). The maximum absolute atomic E-state index is 2.14. The second kappa shape index (κ2) is 2.82. The van der Waals surface area contributed by atoms with Gasteiger partial charge >= 0.3 is 0 Å². The van der Waals surface area contributed by atoms with E-state index < -0.39 is 0 Å². The average molecular weight is 152 g/mol. The Balaban J connectivity index is 0.000000500. The molecule has 1 aromatic carbocycles. The average Bonchev–Trinajstić information content (AvgIpc) is 2.33. The molecular weight excluding hydrogens is 144 g/mol. The highest BCUT2D eigenvalue weighted by Crippen LogP contribution is 2.18. The molecule has 2 N–H and O–H groups in total. The van der Waals surface area contributed by atoms with Gasteiger partial charge in [0.2, 0.25) is 0 Å². The van der Waals surface area contributed by atoms with Gasteiger partial charge in [0.05, 0.1) is 0 Å². The van der Waals surface area contributed by atoms with Gasteiger partial charge in [0.1, 0.15) is 0 Å². The number of fused-ring (bicyclic) bond motifs is 1. The predicted octanol–water partition coefficient (Wildman–Crippen LogP) is 2.08. The van der Waals surface area contributed by atoms with Crippen LogP contribution in [-0.4, -0.2) is 5.48 Å². The molecule has 0 radical (unpaired) electrons. The van der Waals surface area contributed by atoms with Crippen molar-refractivity contribution in [3.63, 3.8) is 0 Å². The van der Waals surface area contributed by atoms with Gasteiger partial charge in [0, 0.05) is 4.70 Å². The van der Waals surface area contributed by atoms with Crippen molar-refractivity contribution >= 4 is 21.4 Å². The van der Waals surface area contributed by atoms with Crippen LogP contribution in [0.3, 0.4) is 0 Å². The molecule has 2 aromatic rings. The van der Waals surface area contributed by atoms with E-state index in [0.29, 0.717) is 0 Å².